The molecule has 1 aromatic rings. The van der Waals surface area contributed by atoms with Gasteiger partial charge in [0, 0.05) is 10.0 Å². The lowest BCUT2D eigenvalue weighted by Crippen LogP contribution is -2.51. The minimum atomic E-state index is -0.628. The van der Waals surface area contributed by atoms with E-state index in [-0.39, 0.29) is 27.7 Å². The zero-order valence-corrected chi connectivity index (χ0v) is 12.6. The second-order valence-corrected chi connectivity index (χ2v) is 5.17. The summed E-state index contributed by atoms with van der Waals surface area (Å²) in [5, 5.41) is 14.6. The van der Waals surface area contributed by atoms with E-state index in [0.29, 0.717) is 4.47 Å². The van der Waals surface area contributed by atoms with Crippen LogP contribution >= 0.6 is 28.1 Å². The number of phenolic OH excluding ortho intramolecular Hbond substituents is 1. The Morgan fingerprint density at radius 3 is 2.45 bits per heavy atom. The predicted octanol–water partition coefficient (Wildman–Crippen LogP) is 1.08. The number of halogens is 1. The Labute approximate surface area is 127 Å². The van der Waals surface area contributed by atoms with E-state index in [1.54, 1.807) is 12.1 Å². The zero-order chi connectivity index (χ0) is 14.9. The SMILES string of the molecule is COc1cc(Br)cc(C=C2C(=O)NC(=S)NC2=O)c1O. The summed E-state index contributed by atoms with van der Waals surface area (Å²) in [5.41, 5.74) is 0.110. The summed E-state index contributed by atoms with van der Waals surface area (Å²) in [6, 6.07) is 3.12. The normalized spacial score (nSPS) is 14.7. The third kappa shape index (κ3) is 2.81. The monoisotopic (exact) mass is 356 g/mol. The minimum Gasteiger partial charge on any atom is -0.504 e. The van der Waals surface area contributed by atoms with Gasteiger partial charge in [-0.05, 0) is 30.4 Å². The fraction of sp³-hybridized carbons (Fsp3) is 0.0833. The molecule has 20 heavy (non-hydrogen) atoms. The van der Waals surface area contributed by atoms with E-state index in [1.165, 1.54) is 13.2 Å². The van der Waals surface area contributed by atoms with Crippen molar-refractivity contribution >= 4 is 51.2 Å². The van der Waals surface area contributed by atoms with E-state index in [0.717, 1.165) is 0 Å². The van der Waals surface area contributed by atoms with Crippen molar-refractivity contribution in [2.75, 3.05) is 7.11 Å². The average Bonchev–Trinajstić information content (AvgIpc) is 2.37. The highest BCUT2D eigenvalue weighted by molar-refractivity contribution is 9.10. The molecule has 2 rings (SSSR count). The molecule has 1 saturated heterocycles. The lowest BCUT2D eigenvalue weighted by Gasteiger charge is -2.16. The van der Waals surface area contributed by atoms with Gasteiger partial charge in [-0.25, -0.2) is 0 Å². The second kappa shape index (κ2) is 5.59. The molecule has 104 valence electrons. The molecule has 2 amide bonds. The zero-order valence-electron chi connectivity index (χ0n) is 10.2. The Hall–Kier alpha value is -1.93. The lowest BCUT2D eigenvalue weighted by molar-refractivity contribution is -0.123. The number of hydrogen-bond donors (Lipinski definition) is 3. The lowest BCUT2D eigenvalue weighted by atomic mass is 10.1. The number of ether oxygens (including phenoxy) is 1. The molecule has 1 heterocycles. The van der Waals surface area contributed by atoms with Crippen molar-refractivity contribution in [2.24, 2.45) is 0 Å². The van der Waals surface area contributed by atoms with E-state index in [2.05, 4.69) is 26.6 Å². The van der Waals surface area contributed by atoms with Crippen molar-refractivity contribution in [3.63, 3.8) is 0 Å². The van der Waals surface area contributed by atoms with Gasteiger partial charge in [-0.15, -0.1) is 0 Å². The summed E-state index contributed by atoms with van der Waals surface area (Å²) in [6.45, 7) is 0. The van der Waals surface area contributed by atoms with Crippen LogP contribution in [0.5, 0.6) is 11.5 Å². The Bertz CT molecular complexity index is 635. The molecule has 0 aliphatic carbocycles. The van der Waals surface area contributed by atoms with Gasteiger partial charge in [-0.2, -0.15) is 0 Å². The van der Waals surface area contributed by atoms with Crippen LogP contribution in [0.4, 0.5) is 0 Å². The van der Waals surface area contributed by atoms with Gasteiger partial charge in [0.2, 0.25) is 0 Å². The summed E-state index contributed by atoms with van der Waals surface area (Å²) in [7, 11) is 1.40. The van der Waals surface area contributed by atoms with E-state index in [4.69, 9.17) is 17.0 Å². The second-order valence-electron chi connectivity index (χ2n) is 3.84. The largest absolute Gasteiger partial charge is 0.504 e. The van der Waals surface area contributed by atoms with Crippen molar-refractivity contribution in [3.05, 3.63) is 27.7 Å². The third-order valence-corrected chi connectivity index (χ3v) is 3.19. The first-order chi connectivity index (χ1) is 9.42. The number of carbonyl (C=O) groups is 2. The first kappa shape index (κ1) is 14.5. The smallest absolute Gasteiger partial charge is 0.263 e. The van der Waals surface area contributed by atoms with Crippen molar-refractivity contribution in [1.29, 1.82) is 0 Å². The number of methoxy groups -OCH3 is 1. The Balaban J connectivity index is 2.50. The quantitative estimate of drug-likeness (QED) is 0.419. The number of nitrogens with one attached hydrogen (secondary N) is 2. The minimum absolute atomic E-state index is 0.0480. The topological polar surface area (TPSA) is 87.7 Å². The van der Waals surface area contributed by atoms with E-state index >= 15 is 0 Å². The van der Waals surface area contributed by atoms with Crippen LogP contribution in [-0.4, -0.2) is 29.1 Å². The summed E-state index contributed by atoms with van der Waals surface area (Å²) < 4.78 is 5.63. The van der Waals surface area contributed by atoms with E-state index < -0.39 is 11.8 Å². The fourth-order valence-corrected chi connectivity index (χ4v) is 2.26. The standard InChI is InChI=1S/C12H9BrN2O4S/c1-19-8-4-6(13)2-5(9(8)16)3-7-10(17)14-12(20)15-11(7)18/h2-4,16H,1H3,(H2,14,15,17,18,20). The molecule has 1 fully saturated rings. The molecule has 0 aromatic heterocycles. The Kier molecular flexibility index (Phi) is 4.05. The van der Waals surface area contributed by atoms with E-state index in [9.17, 15) is 14.7 Å². The molecule has 0 saturated carbocycles. The van der Waals surface area contributed by atoms with Gasteiger partial charge >= 0.3 is 0 Å². The molecule has 3 N–H and O–H groups in total. The molecule has 1 aliphatic heterocycles. The molecular formula is C12H9BrN2O4S. The molecule has 8 heteroatoms. The number of hydrogen-bond acceptors (Lipinski definition) is 5. The van der Waals surface area contributed by atoms with Crippen molar-refractivity contribution in [1.82, 2.24) is 10.6 Å². The maximum Gasteiger partial charge on any atom is 0.263 e. The average molecular weight is 357 g/mol. The maximum absolute atomic E-state index is 11.7. The summed E-state index contributed by atoms with van der Waals surface area (Å²) in [6.07, 6.45) is 1.26. The highest BCUT2D eigenvalue weighted by Crippen LogP contribution is 2.34. The first-order valence-electron chi connectivity index (χ1n) is 5.37. The van der Waals surface area contributed by atoms with Crippen LogP contribution < -0.4 is 15.4 Å². The third-order valence-electron chi connectivity index (χ3n) is 2.53. The molecule has 1 aliphatic rings. The number of aromatic hydroxyl groups is 1. The molecule has 1 aromatic carbocycles. The first-order valence-corrected chi connectivity index (χ1v) is 6.57. The van der Waals surface area contributed by atoms with Gasteiger partial charge in [0.15, 0.2) is 16.6 Å². The van der Waals surface area contributed by atoms with Gasteiger partial charge in [0.05, 0.1) is 7.11 Å². The molecular weight excluding hydrogens is 348 g/mol. The van der Waals surface area contributed by atoms with Gasteiger partial charge in [-0.3, -0.25) is 20.2 Å². The molecule has 6 nitrogen and oxygen atoms in total. The van der Waals surface area contributed by atoms with Crippen LogP contribution in [0.1, 0.15) is 5.56 Å². The van der Waals surface area contributed by atoms with Crippen LogP contribution in [0.15, 0.2) is 22.2 Å². The summed E-state index contributed by atoms with van der Waals surface area (Å²) >= 11 is 7.95. The highest BCUT2D eigenvalue weighted by Gasteiger charge is 2.26. The van der Waals surface area contributed by atoms with Crippen molar-refractivity contribution in [2.45, 2.75) is 0 Å². The van der Waals surface area contributed by atoms with Gasteiger partial charge in [0.25, 0.3) is 11.8 Å². The van der Waals surface area contributed by atoms with Crippen LogP contribution in [0, 0.1) is 0 Å². The number of rotatable bonds is 2. The Morgan fingerprint density at radius 1 is 1.30 bits per heavy atom. The van der Waals surface area contributed by atoms with Gasteiger partial charge in [-0.1, -0.05) is 15.9 Å². The number of phenols is 1. The maximum atomic E-state index is 11.7. The number of benzene rings is 1. The van der Waals surface area contributed by atoms with Crippen molar-refractivity contribution in [3.8, 4) is 11.5 Å². The fourth-order valence-electron chi connectivity index (χ4n) is 1.62. The molecule has 0 bridgehead atoms. The molecule has 0 atom stereocenters. The summed E-state index contributed by atoms with van der Waals surface area (Å²) in [5.74, 6) is -1.20. The molecule has 0 spiro atoms. The summed E-state index contributed by atoms with van der Waals surface area (Å²) in [4.78, 5) is 23.4. The number of amides is 2. The highest BCUT2D eigenvalue weighted by atomic mass is 79.9. The van der Waals surface area contributed by atoms with Crippen LogP contribution in [-0.2, 0) is 9.59 Å². The van der Waals surface area contributed by atoms with Crippen molar-refractivity contribution < 1.29 is 19.4 Å². The van der Waals surface area contributed by atoms with Gasteiger partial charge < -0.3 is 9.84 Å². The Morgan fingerprint density at radius 2 is 1.90 bits per heavy atom. The van der Waals surface area contributed by atoms with Crippen LogP contribution in [0.3, 0.4) is 0 Å². The molecule has 0 radical (unpaired) electrons. The number of carbonyl (C=O) groups excluding carboxylic acids is 2. The number of thiocarbonyl (C=S) groups is 1. The predicted molar refractivity (Wildman–Crippen MR) is 79.2 cm³/mol. The van der Waals surface area contributed by atoms with Gasteiger partial charge in [0.1, 0.15) is 5.57 Å². The van der Waals surface area contributed by atoms with Crippen LogP contribution in [0.25, 0.3) is 6.08 Å². The van der Waals surface area contributed by atoms with E-state index in [1.807, 2.05) is 0 Å². The van der Waals surface area contributed by atoms with Crippen LogP contribution in [0.2, 0.25) is 0 Å². The molecule has 0 unspecified atom stereocenters.